The molecule has 0 aromatic carbocycles. The van der Waals surface area contributed by atoms with Gasteiger partial charge in [-0.05, 0) is 19.8 Å². The number of hydrogen-bond acceptors (Lipinski definition) is 4. The highest BCUT2D eigenvalue weighted by molar-refractivity contribution is 7.80. The van der Waals surface area contributed by atoms with Crippen molar-refractivity contribution in [2.24, 2.45) is 11.1 Å². The minimum atomic E-state index is -0.660. The Kier molecular flexibility index (Phi) is 4.43. The van der Waals surface area contributed by atoms with E-state index >= 15 is 0 Å². The molecular formula is C13H22N2O3S. The van der Waals surface area contributed by atoms with E-state index in [1.54, 1.807) is 4.90 Å². The molecule has 2 unspecified atom stereocenters. The van der Waals surface area contributed by atoms with Gasteiger partial charge in [0.15, 0.2) is 0 Å². The first-order chi connectivity index (χ1) is 8.99. The van der Waals surface area contributed by atoms with E-state index in [9.17, 15) is 9.90 Å². The van der Waals surface area contributed by atoms with Crippen molar-refractivity contribution in [3.8, 4) is 0 Å². The highest BCUT2D eigenvalue weighted by Crippen LogP contribution is 2.40. The average molecular weight is 286 g/mol. The number of hydrogen-bond donors (Lipinski definition) is 2. The average Bonchev–Trinajstić information content (AvgIpc) is 2.87. The number of aliphatic hydroxyl groups is 1. The first-order valence-corrected chi connectivity index (χ1v) is 7.26. The Morgan fingerprint density at radius 2 is 2.11 bits per heavy atom. The van der Waals surface area contributed by atoms with E-state index in [2.05, 4.69) is 0 Å². The molecule has 2 fully saturated rings. The van der Waals surface area contributed by atoms with Gasteiger partial charge in [-0.1, -0.05) is 25.1 Å². The summed E-state index contributed by atoms with van der Waals surface area (Å²) in [5.41, 5.74) is 5.19. The molecule has 0 radical (unpaired) electrons. The summed E-state index contributed by atoms with van der Waals surface area (Å²) in [5, 5.41) is 9.23. The Hall–Kier alpha value is -0.720. The molecule has 1 heterocycles. The minimum Gasteiger partial charge on any atom is -0.394 e. The van der Waals surface area contributed by atoms with E-state index in [0.717, 1.165) is 25.7 Å². The zero-order valence-electron chi connectivity index (χ0n) is 11.3. The number of aliphatic hydroxyl groups excluding tert-OH is 1. The van der Waals surface area contributed by atoms with Crippen LogP contribution in [0.4, 0.5) is 0 Å². The Bertz CT molecular complexity index is 369. The third-order valence-corrected chi connectivity index (χ3v) is 4.55. The lowest BCUT2D eigenvalue weighted by molar-refractivity contribution is -0.153. The Balaban J connectivity index is 2.15. The van der Waals surface area contributed by atoms with E-state index in [1.807, 2.05) is 6.92 Å². The number of thiocarbonyl (C=S) groups is 1. The lowest BCUT2D eigenvalue weighted by Gasteiger charge is -2.40. The van der Waals surface area contributed by atoms with E-state index in [1.165, 1.54) is 0 Å². The van der Waals surface area contributed by atoms with E-state index < -0.39 is 5.41 Å². The Morgan fingerprint density at radius 1 is 1.47 bits per heavy atom. The zero-order chi connectivity index (χ0) is 14.0. The van der Waals surface area contributed by atoms with Crippen molar-refractivity contribution in [3.05, 3.63) is 0 Å². The third kappa shape index (κ3) is 2.75. The summed E-state index contributed by atoms with van der Waals surface area (Å²) >= 11 is 5.15. The lowest BCUT2D eigenvalue weighted by Crippen LogP contribution is -2.56. The van der Waals surface area contributed by atoms with Gasteiger partial charge < -0.3 is 20.5 Å². The molecule has 0 aromatic rings. The fourth-order valence-electron chi connectivity index (χ4n) is 3.16. The van der Waals surface area contributed by atoms with Gasteiger partial charge >= 0.3 is 0 Å². The van der Waals surface area contributed by atoms with Gasteiger partial charge in [0.1, 0.15) is 0 Å². The van der Waals surface area contributed by atoms with Crippen LogP contribution in [0.3, 0.4) is 0 Å². The Morgan fingerprint density at radius 3 is 2.63 bits per heavy atom. The SMILES string of the molecule is CC1CN(C(=O)C2(C(N)=S)CCCC2)CC(CO)O1. The molecule has 19 heavy (non-hydrogen) atoms. The summed E-state index contributed by atoms with van der Waals surface area (Å²) in [4.78, 5) is 14.9. The van der Waals surface area contributed by atoms with Crippen LogP contribution in [0.25, 0.3) is 0 Å². The molecule has 0 bridgehead atoms. The van der Waals surface area contributed by atoms with Crippen molar-refractivity contribution in [2.45, 2.75) is 44.8 Å². The molecule has 1 saturated carbocycles. The van der Waals surface area contributed by atoms with Gasteiger partial charge in [-0.2, -0.15) is 0 Å². The molecule has 2 aliphatic rings. The fraction of sp³-hybridized carbons (Fsp3) is 0.846. The van der Waals surface area contributed by atoms with Crippen LogP contribution < -0.4 is 5.73 Å². The smallest absolute Gasteiger partial charge is 0.235 e. The molecule has 6 heteroatoms. The van der Waals surface area contributed by atoms with Gasteiger partial charge in [0.25, 0.3) is 0 Å². The normalized spacial score (nSPS) is 30.3. The second-order valence-electron chi connectivity index (χ2n) is 5.61. The van der Waals surface area contributed by atoms with Crippen molar-refractivity contribution in [3.63, 3.8) is 0 Å². The Labute approximate surface area is 119 Å². The van der Waals surface area contributed by atoms with Crippen LogP contribution in [0.1, 0.15) is 32.6 Å². The standard InChI is InChI=1S/C13H22N2O3S/c1-9-6-15(7-10(8-16)18-9)12(17)13(11(14)19)4-2-3-5-13/h9-10,16H,2-8H2,1H3,(H2,14,19). The zero-order valence-corrected chi connectivity index (χ0v) is 12.1. The number of rotatable bonds is 3. The molecular weight excluding hydrogens is 264 g/mol. The minimum absolute atomic E-state index is 0.0195. The monoisotopic (exact) mass is 286 g/mol. The number of ether oxygens (including phenoxy) is 1. The molecule has 1 amide bonds. The summed E-state index contributed by atoms with van der Waals surface area (Å²) < 4.78 is 5.56. The molecule has 1 aliphatic heterocycles. The van der Waals surface area contributed by atoms with Crippen LogP contribution in [0, 0.1) is 5.41 Å². The quantitative estimate of drug-likeness (QED) is 0.736. The van der Waals surface area contributed by atoms with Crippen LogP contribution >= 0.6 is 12.2 Å². The molecule has 5 nitrogen and oxygen atoms in total. The number of amides is 1. The number of nitrogens with zero attached hydrogens (tertiary/aromatic N) is 1. The summed E-state index contributed by atoms with van der Waals surface area (Å²) in [6.07, 6.45) is 3.10. The van der Waals surface area contributed by atoms with Gasteiger partial charge in [-0.15, -0.1) is 0 Å². The maximum absolute atomic E-state index is 12.8. The molecule has 2 atom stereocenters. The highest BCUT2D eigenvalue weighted by atomic mass is 32.1. The fourth-order valence-corrected chi connectivity index (χ4v) is 3.45. The summed E-state index contributed by atoms with van der Waals surface area (Å²) in [7, 11) is 0. The first-order valence-electron chi connectivity index (χ1n) is 6.85. The molecule has 1 saturated heterocycles. The van der Waals surface area contributed by atoms with Crippen LogP contribution in [-0.2, 0) is 9.53 Å². The predicted octanol–water partition coefficient (Wildman–Crippen LogP) is 0.441. The second-order valence-corrected chi connectivity index (χ2v) is 6.05. The van der Waals surface area contributed by atoms with Crippen molar-refractivity contribution in [1.29, 1.82) is 0 Å². The third-order valence-electron chi connectivity index (χ3n) is 4.16. The van der Waals surface area contributed by atoms with E-state index in [0.29, 0.717) is 18.1 Å². The van der Waals surface area contributed by atoms with Crippen LogP contribution in [0.5, 0.6) is 0 Å². The number of morpholine rings is 1. The maximum Gasteiger partial charge on any atom is 0.235 e. The van der Waals surface area contributed by atoms with Crippen LogP contribution in [0.2, 0.25) is 0 Å². The number of carbonyl (C=O) groups excluding carboxylic acids is 1. The number of carbonyl (C=O) groups is 1. The van der Waals surface area contributed by atoms with Crippen LogP contribution in [0.15, 0.2) is 0 Å². The van der Waals surface area contributed by atoms with E-state index in [4.69, 9.17) is 22.7 Å². The highest BCUT2D eigenvalue weighted by Gasteiger charge is 2.47. The summed E-state index contributed by atoms with van der Waals surface area (Å²) in [6.45, 7) is 2.79. The second kappa shape index (κ2) is 5.73. The van der Waals surface area contributed by atoms with Crippen molar-refractivity contribution in [1.82, 2.24) is 4.90 Å². The van der Waals surface area contributed by atoms with Gasteiger partial charge in [-0.25, -0.2) is 0 Å². The van der Waals surface area contributed by atoms with Gasteiger partial charge in [0, 0.05) is 13.1 Å². The van der Waals surface area contributed by atoms with Crippen molar-refractivity contribution < 1.29 is 14.6 Å². The van der Waals surface area contributed by atoms with Crippen molar-refractivity contribution >= 4 is 23.1 Å². The number of nitrogens with two attached hydrogens (primary N) is 1. The predicted molar refractivity (Wildman–Crippen MR) is 75.7 cm³/mol. The summed E-state index contributed by atoms with van der Waals surface area (Å²) in [5.74, 6) is 0.0195. The van der Waals surface area contributed by atoms with Gasteiger partial charge in [0.05, 0.1) is 29.2 Å². The topological polar surface area (TPSA) is 75.8 Å². The molecule has 1 aliphatic carbocycles. The molecule has 3 N–H and O–H groups in total. The van der Waals surface area contributed by atoms with Gasteiger partial charge in [0.2, 0.25) is 5.91 Å². The van der Waals surface area contributed by atoms with Crippen molar-refractivity contribution in [2.75, 3.05) is 19.7 Å². The molecule has 2 rings (SSSR count). The molecule has 0 aromatic heterocycles. The molecule has 108 valence electrons. The largest absolute Gasteiger partial charge is 0.394 e. The van der Waals surface area contributed by atoms with Gasteiger partial charge in [-0.3, -0.25) is 4.79 Å². The van der Waals surface area contributed by atoms with E-state index in [-0.39, 0.29) is 24.7 Å². The lowest BCUT2D eigenvalue weighted by atomic mass is 9.84. The first kappa shape index (κ1) is 14.7. The van der Waals surface area contributed by atoms with Crippen LogP contribution in [-0.4, -0.2) is 52.8 Å². The maximum atomic E-state index is 12.8. The summed E-state index contributed by atoms with van der Waals surface area (Å²) in [6, 6.07) is 0. The molecule has 0 spiro atoms.